The van der Waals surface area contributed by atoms with E-state index in [0.717, 1.165) is 18.2 Å². The fourth-order valence-corrected chi connectivity index (χ4v) is 2.86. The van der Waals surface area contributed by atoms with E-state index in [9.17, 15) is 31.1 Å². The molecule has 12 heteroatoms. The molecule has 3 rings (SSSR count). The highest BCUT2D eigenvalue weighted by Gasteiger charge is 2.49. The number of anilines is 2. The molecule has 0 saturated carbocycles. The van der Waals surface area contributed by atoms with Crippen LogP contribution in [0.25, 0.3) is 10.9 Å². The maximum absolute atomic E-state index is 14.0. The SMILES string of the molecule is O=S(=O)(Oc1cc2c(Nc3ccc(Cl)cc3F)ccnc2cc1O)C(F)(F)F. The zero-order valence-electron chi connectivity index (χ0n) is 13.5. The summed E-state index contributed by atoms with van der Waals surface area (Å²) in [6, 6.07) is 6.92. The van der Waals surface area contributed by atoms with E-state index in [1.54, 1.807) is 0 Å². The monoisotopic (exact) mass is 436 g/mol. The molecule has 0 fully saturated rings. The van der Waals surface area contributed by atoms with Crippen molar-refractivity contribution in [2.24, 2.45) is 0 Å². The highest BCUT2D eigenvalue weighted by atomic mass is 35.5. The zero-order chi connectivity index (χ0) is 20.7. The standard InChI is InChI=1S/C16H9ClF4N2O4S/c17-8-1-2-12(10(18)5-8)23-11-3-4-22-13-7-14(24)15(6-9(11)13)27-28(25,26)16(19,20)21/h1-7,24H,(H,22,23). The predicted octanol–water partition coefficient (Wildman–Crippen LogP) is 4.70. The molecule has 0 radical (unpaired) electrons. The Kier molecular flexibility index (Phi) is 4.98. The van der Waals surface area contributed by atoms with Crippen molar-refractivity contribution in [3.63, 3.8) is 0 Å². The van der Waals surface area contributed by atoms with Gasteiger partial charge in [0.15, 0.2) is 11.5 Å². The highest BCUT2D eigenvalue weighted by molar-refractivity contribution is 7.88. The molecule has 28 heavy (non-hydrogen) atoms. The number of alkyl halides is 3. The normalized spacial score (nSPS) is 12.2. The van der Waals surface area contributed by atoms with Crippen LogP contribution in [-0.4, -0.2) is 24.0 Å². The Morgan fingerprint density at radius 3 is 2.46 bits per heavy atom. The lowest BCUT2D eigenvalue weighted by atomic mass is 10.1. The fourth-order valence-electron chi connectivity index (χ4n) is 2.24. The zero-order valence-corrected chi connectivity index (χ0v) is 15.0. The number of aromatic hydroxyl groups is 1. The van der Waals surface area contributed by atoms with Gasteiger partial charge in [-0.3, -0.25) is 4.98 Å². The van der Waals surface area contributed by atoms with E-state index in [0.29, 0.717) is 0 Å². The number of halogens is 5. The molecule has 3 aromatic rings. The summed E-state index contributed by atoms with van der Waals surface area (Å²) in [4.78, 5) is 3.93. The number of benzene rings is 2. The summed E-state index contributed by atoms with van der Waals surface area (Å²) in [6.45, 7) is 0. The second kappa shape index (κ2) is 6.99. The van der Waals surface area contributed by atoms with Crippen LogP contribution in [0, 0.1) is 5.82 Å². The van der Waals surface area contributed by atoms with Crippen LogP contribution in [0.1, 0.15) is 0 Å². The molecule has 0 amide bonds. The molecule has 0 atom stereocenters. The van der Waals surface area contributed by atoms with Gasteiger partial charge >= 0.3 is 15.6 Å². The van der Waals surface area contributed by atoms with Gasteiger partial charge in [0.05, 0.1) is 11.2 Å². The quantitative estimate of drug-likeness (QED) is 0.350. The van der Waals surface area contributed by atoms with Gasteiger partial charge in [-0.25, -0.2) is 4.39 Å². The highest BCUT2D eigenvalue weighted by Crippen LogP contribution is 2.38. The van der Waals surface area contributed by atoms with Crippen molar-refractivity contribution in [3.05, 3.63) is 53.4 Å². The number of nitrogens with one attached hydrogen (secondary N) is 1. The van der Waals surface area contributed by atoms with Crippen LogP contribution < -0.4 is 9.50 Å². The lowest BCUT2D eigenvalue weighted by Gasteiger charge is -2.14. The van der Waals surface area contributed by atoms with Crippen molar-refractivity contribution in [1.82, 2.24) is 4.98 Å². The van der Waals surface area contributed by atoms with Crippen molar-refractivity contribution in [2.75, 3.05) is 5.32 Å². The largest absolute Gasteiger partial charge is 0.534 e. The van der Waals surface area contributed by atoms with Gasteiger partial charge in [0.25, 0.3) is 0 Å². The van der Waals surface area contributed by atoms with E-state index in [1.165, 1.54) is 24.4 Å². The summed E-state index contributed by atoms with van der Waals surface area (Å²) >= 11 is 5.68. The maximum Gasteiger partial charge on any atom is 0.534 e. The molecule has 6 nitrogen and oxygen atoms in total. The smallest absolute Gasteiger partial charge is 0.504 e. The molecular formula is C16H9ClF4N2O4S. The molecule has 2 N–H and O–H groups in total. The Bertz CT molecular complexity index is 1170. The van der Waals surface area contributed by atoms with Gasteiger partial charge in [0, 0.05) is 28.4 Å². The molecule has 1 heterocycles. The van der Waals surface area contributed by atoms with Gasteiger partial charge < -0.3 is 14.6 Å². The van der Waals surface area contributed by atoms with Crippen molar-refractivity contribution >= 4 is 44.0 Å². The summed E-state index contributed by atoms with van der Waals surface area (Å²) < 4.78 is 78.0. The van der Waals surface area contributed by atoms with Crippen molar-refractivity contribution in [3.8, 4) is 11.5 Å². The average Bonchev–Trinajstić information content (AvgIpc) is 2.57. The molecule has 0 bridgehead atoms. The Hall–Kier alpha value is -2.79. The summed E-state index contributed by atoms with van der Waals surface area (Å²) in [5.74, 6) is -2.53. The van der Waals surface area contributed by atoms with Crippen molar-refractivity contribution < 1.29 is 35.3 Å². The van der Waals surface area contributed by atoms with Gasteiger partial charge in [0.2, 0.25) is 0 Å². The Labute approximate surface area is 160 Å². The van der Waals surface area contributed by atoms with E-state index in [2.05, 4.69) is 14.5 Å². The van der Waals surface area contributed by atoms with E-state index in [-0.39, 0.29) is 27.3 Å². The minimum Gasteiger partial charge on any atom is -0.504 e. The second-order valence-electron chi connectivity index (χ2n) is 5.43. The third-order valence-electron chi connectivity index (χ3n) is 3.51. The van der Waals surface area contributed by atoms with Crippen LogP contribution in [0.3, 0.4) is 0 Å². The number of fused-ring (bicyclic) bond motifs is 1. The van der Waals surface area contributed by atoms with Gasteiger partial charge in [-0.1, -0.05) is 11.6 Å². The summed E-state index contributed by atoms with van der Waals surface area (Å²) in [5, 5.41) is 12.7. The van der Waals surface area contributed by atoms with E-state index in [4.69, 9.17) is 11.6 Å². The number of hydrogen-bond acceptors (Lipinski definition) is 6. The summed E-state index contributed by atoms with van der Waals surface area (Å²) in [7, 11) is -6.00. The van der Waals surface area contributed by atoms with Gasteiger partial charge in [0.1, 0.15) is 5.82 Å². The van der Waals surface area contributed by atoms with Crippen LogP contribution in [0.4, 0.5) is 28.9 Å². The average molecular weight is 437 g/mol. The number of phenols is 1. The van der Waals surface area contributed by atoms with Gasteiger partial charge in [-0.2, -0.15) is 21.6 Å². The molecule has 0 aliphatic carbocycles. The fraction of sp³-hybridized carbons (Fsp3) is 0.0625. The summed E-state index contributed by atoms with van der Waals surface area (Å²) in [6.07, 6.45) is 1.30. The molecule has 0 spiro atoms. The number of aromatic nitrogens is 1. The third kappa shape index (κ3) is 3.90. The number of phenolic OH excluding ortho intramolecular Hbond substituents is 1. The second-order valence-corrected chi connectivity index (χ2v) is 7.40. The topological polar surface area (TPSA) is 88.5 Å². The van der Waals surface area contributed by atoms with Crippen molar-refractivity contribution in [2.45, 2.75) is 5.51 Å². The Morgan fingerprint density at radius 1 is 1.11 bits per heavy atom. The lowest BCUT2D eigenvalue weighted by molar-refractivity contribution is -0.0500. The van der Waals surface area contributed by atoms with Gasteiger partial charge in [-0.05, 0) is 30.3 Å². The van der Waals surface area contributed by atoms with E-state index in [1.807, 2.05) is 0 Å². The number of nitrogens with zero attached hydrogens (tertiary/aromatic N) is 1. The van der Waals surface area contributed by atoms with Crippen LogP contribution in [-0.2, 0) is 10.1 Å². The van der Waals surface area contributed by atoms with E-state index >= 15 is 0 Å². The van der Waals surface area contributed by atoms with E-state index < -0.39 is 32.9 Å². The molecular weight excluding hydrogens is 428 g/mol. The molecule has 0 aliphatic heterocycles. The number of hydrogen-bond donors (Lipinski definition) is 2. The van der Waals surface area contributed by atoms with Crippen molar-refractivity contribution in [1.29, 1.82) is 0 Å². The number of rotatable bonds is 4. The number of pyridine rings is 1. The molecule has 0 unspecified atom stereocenters. The maximum atomic E-state index is 14.0. The first-order valence-corrected chi connectivity index (χ1v) is 9.11. The predicted molar refractivity (Wildman–Crippen MR) is 93.7 cm³/mol. The molecule has 0 aliphatic rings. The molecule has 1 aromatic heterocycles. The minimum absolute atomic E-state index is 0.00430. The lowest BCUT2D eigenvalue weighted by Crippen LogP contribution is -2.28. The molecule has 0 saturated heterocycles. The van der Waals surface area contributed by atoms with Crippen LogP contribution >= 0.6 is 11.6 Å². The third-order valence-corrected chi connectivity index (χ3v) is 4.71. The molecule has 2 aromatic carbocycles. The minimum atomic E-state index is -6.00. The molecule has 148 valence electrons. The van der Waals surface area contributed by atoms with Crippen LogP contribution in [0.15, 0.2) is 42.6 Å². The first kappa shape index (κ1) is 20.0. The first-order chi connectivity index (χ1) is 13.0. The van der Waals surface area contributed by atoms with Gasteiger partial charge in [-0.15, -0.1) is 0 Å². The Morgan fingerprint density at radius 2 is 1.82 bits per heavy atom. The first-order valence-electron chi connectivity index (χ1n) is 7.32. The van der Waals surface area contributed by atoms with Crippen LogP contribution in [0.5, 0.6) is 11.5 Å². The summed E-state index contributed by atoms with van der Waals surface area (Å²) in [5.41, 5.74) is -5.43. The van der Waals surface area contributed by atoms with Crippen LogP contribution in [0.2, 0.25) is 5.02 Å². The Balaban J connectivity index is 2.08.